The average molecular weight is 345 g/mol. The molecule has 1 aromatic rings. The molecule has 136 valence electrons. The number of nitrogens with zero attached hydrogens (tertiary/aromatic N) is 3. The topological polar surface area (TPSA) is 53.1 Å². The first kappa shape index (κ1) is 17.9. The second-order valence-electron chi connectivity index (χ2n) is 6.99. The molecule has 2 atom stereocenters. The van der Waals surface area contributed by atoms with Crippen molar-refractivity contribution in [1.29, 1.82) is 0 Å². The number of piperazine rings is 1. The Morgan fingerprint density at radius 2 is 1.56 bits per heavy atom. The van der Waals surface area contributed by atoms with E-state index in [4.69, 9.17) is 4.74 Å². The molecule has 0 aromatic heterocycles. The van der Waals surface area contributed by atoms with Gasteiger partial charge in [0.25, 0.3) is 5.91 Å². The molecule has 0 spiro atoms. The number of morpholine rings is 1. The summed E-state index contributed by atoms with van der Waals surface area (Å²) in [4.78, 5) is 30.9. The van der Waals surface area contributed by atoms with Gasteiger partial charge in [-0.3, -0.25) is 14.5 Å². The molecule has 2 fully saturated rings. The molecule has 0 saturated carbocycles. The zero-order valence-corrected chi connectivity index (χ0v) is 15.1. The summed E-state index contributed by atoms with van der Waals surface area (Å²) >= 11 is 0. The van der Waals surface area contributed by atoms with Crippen LogP contribution >= 0.6 is 0 Å². The Hall–Kier alpha value is -1.92. The van der Waals surface area contributed by atoms with Crippen LogP contribution < -0.4 is 0 Å². The number of hydrogen-bond donors (Lipinski definition) is 0. The van der Waals surface area contributed by atoms with Crippen LogP contribution in [0.15, 0.2) is 30.3 Å². The molecule has 2 aliphatic rings. The molecule has 3 rings (SSSR count). The smallest absolute Gasteiger partial charge is 0.253 e. The van der Waals surface area contributed by atoms with E-state index in [-0.39, 0.29) is 24.0 Å². The van der Waals surface area contributed by atoms with Crippen molar-refractivity contribution in [3.8, 4) is 0 Å². The minimum Gasteiger partial charge on any atom is -0.372 e. The van der Waals surface area contributed by atoms with Gasteiger partial charge in [-0.1, -0.05) is 18.2 Å². The third-order valence-corrected chi connectivity index (χ3v) is 4.81. The van der Waals surface area contributed by atoms with Gasteiger partial charge < -0.3 is 14.5 Å². The second-order valence-corrected chi connectivity index (χ2v) is 6.99. The van der Waals surface area contributed by atoms with Crippen molar-refractivity contribution >= 4 is 11.8 Å². The van der Waals surface area contributed by atoms with E-state index in [1.165, 1.54) is 0 Å². The van der Waals surface area contributed by atoms with E-state index in [1.807, 2.05) is 54.0 Å². The molecule has 0 bridgehead atoms. The highest BCUT2D eigenvalue weighted by molar-refractivity contribution is 5.94. The zero-order chi connectivity index (χ0) is 17.8. The number of carbonyl (C=O) groups is 2. The zero-order valence-electron chi connectivity index (χ0n) is 15.1. The molecule has 6 heteroatoms. The predicted molar refractivity (Wildman–Crippen MR) is 95.4 cm³/mol. The molecule has 2 unspecified atom stereocenters. The summed E-state index contributed by atoms with van der Waals surface area (Å²) in [5.74, 6) is 0.229. The van der Waals surface area contributed by atoms with E-state index in [0.717, 1.165) is 18.7 Å². The highest BCUT2D eigenvalue weighted by atomic mass is 16.5. The molecule has 1 aromatic carbocycles. The summed E-state index contributed by atoms with van der Waals surface area (Å²) in [5, 5.41) is 0. The maximum atomic E-state index is 12.5. The number of ether oxygens (including phenoxy) is 1. The fourth-order valence-electron chi connectivity index (χ4n) is 3.55. The van der Waals surface area contributed by atoms with Crippen LogP contribution in [-0.4, -0.2) is 84.5 Å². The first-order valence-electron chi connectivity index (χ1n) is 9.03. The first-order valence-corrected chi connectivity index (χ1v) is 9.03. The van der Waals surface area contributed by atoms with E-state index >= 15 is 0 Å². The van der Waals surface area contributed by atoms with Crippen molar-refractivity contribution in [3.63, 3.8) is 0 Å². The maximum Gasteiger partial charge on any atom is 0.253 e. The SMILES string of the molecule is CC1CN(C(=O)CN2CCN(C(=O)c3ccccc3)CC2)CC(C)O1. The van der Waals surface area contributed by atoms with Crippen LogP contribution in [0.25, 0.3) is 0 Å². The van der Waals surface area contributed by atoms with Gasteiger partial charge in [0, 0.05) is 44.8 Å². The van der Waals surface area contributed by atoms with Gasteiger partial charge >= 0.3 is 0 Å². The lowest BCUT2D eigenvalue weighted by atomic mass is 10.2. The van der Waals surface area contributed by atoms with Crippen LogP contribution in [0.5, 0.6) is 0 Å². The lowest BCUT2D eigenvalue weighted by molar-refractivity contribution is -0.144. The van der Waals surface area contributed by atoms with Gasteiger partial charge in [0.2, 0.25) is 5.91 Å². The average Bonchev–Trinajstić information content (AvgIpc) is 2.61. The van der Waals surface area contributed by atoms with Gasteiger partial charge in [-0.2, -0.15) is 0 Å². The van der Waals surface area contributed by atoms with Crippen LogP contribution in [0, 0.1) is 0 Å². The summed E-state index contributed by atoms with van der Waals surface area (Å²) in [6.45, 7) is 8.55. The molecule has 0 radical (unpaired) electrons. The Morgan fingerprint density at radius 3 is 2.16 bits per heavy atom. The number of carbonyl (C=O) groups excluding carboxylic acids is 2. The Bertz CT molecular complexity index is 589. The second kappa shape index (κ2) is 7.97. The summed E-state index contributed by atoms with van der Waals surface area (Å²) < 4.78 is 5.69. The van der Waals surface area contributed by atoms with E-state index in [2.05, 4.69) is 4.90 Å². The number of rotatable bonds is 3. The fourth-order valence-corrected chi connectivity index (χ4v) is 3.55. The number of hydrogen-bond acceptors (Lipinski definition) is 4. The monoisotopic (exact) mass is 345 g/mol. The highest BCUT2D eigenvalue weighted by Crippen LogP contribution is 2.13. The number of amides is 2. The first-order chi connectivity index (χ1) is 12.0. The third kappa shape index (κ3) is 4.58. The summed E-state index contributed by atoms with van der Waals surface area (Å²) in [6, 6.07) is 9.37. The predicted octanol–water partition coefficient (Wildman–Crippen LogP) is 1.08. The molecule has 25 heavy (non-hydrogen) atoms. The van der Waals surface area contributed by atoms with Gasteiger partial charge in [0.15, 0.2) is 0 Å². The van der Waals surface area contributed by atoms with E-state index in [9.17, 15) is 9.59 Å². The van der Waals surface area contributed by atoms with Gasteiger partial charge in [-0.15, -0.1) is 0 Å². The quantitative estimate of drug-likeness (QED) is 0.823. The molecule has 2 aliphatic heterocycles. The molecular weight excluding hydrogens is 318 g/mol. The third-order valence-electron chi connectivity index (χ3n) is 4.81. The molecule has 0 aliphatic carbocycles. The highest BCUT2D eigenvalue weighted by Gasteiger charge is 2.28. The van der Waals surface area contributed by atoms with Crippen molar-refractivity contribution in [2.45, 2.75) is 26.1 Å². The molecular formula is C19H27N3O3. The van der Waals surface area contributed by atoms with Crippen LogP contribution in [0.2, 0.25) is 0 Å². The van der Waals surface area contributed by atoms with Gasteiger partial charge in [-0.05, 0) is 26.0 Å². The van der Waals surface area contributed by atoms with Crippen molar-refractivity contribution < 1.29 is 14.3 Å². The number of benzene rings is 1. The van der Waals surface area contributed by atoms with E-state index < -0.39 is 0 Å². The Labute approximate surface area is 149 Å². The summed E-state index contributed by atoms with van der Waals surface area (Å²) in [6.07, 6.45) is 0.182. The standard InChI is InChI=1S/C19H27N3O3/c1-15-12-22(13-16(2)25-15)18(23)14-20-8-10-21(11-9-20)19(24)17-6-4-3-5-7-17/h3-7,15-16H,8-14H2,1-2H3. The Kier molecular flexibility index (Phi) is 5.71. The van der Waals surface area contributed by atoms with Crippen molar-refractivity contribution in [2.24, 2.45) is 0 Å². The van der Waals surface area contributed by atoms with Crippen molar-refractivity contribution in [3.05, 3.63) is 35.9 Å². The summed E-state index contributed by atoms with van der Waals surface area (Å²) in [5.41, 5.74) is 0.725. The maximum absolute atomic E-state index is 12.5. The molecule has 6 nitrogen and oxygen atoms in total. The minimum absolute atomic E-state index is 0.0717. The van der Waals surface area contributed by atoms with Gasteiger partial charge in [0.1, 0.15) is 0 Å². The minimum atomic E-state index is 0.0717. The van der Waals surface area contributed by atoms with Gasteiger partial charge in [-0.25, -0.2) is 0 Å². The van der Waals surface area contributed by atoms with Gasteiger partial charge in [0.05, 0.1) is 18.8 Å². The molecule has 2 saturated heterocycles. The van der Waals surface area contributed by atoms with E-state index in [1.54, 1.807) is 0 Å². The molecule has 0 N–H and O–H groups in total. The van der Waals surface area contributed by atoms with Crippen LogP contribution in [-0.2, 0) is 9.53 Å². The van der Waals surface area contributed by atoms with Crippen LogP contribution in [0.3, 0.4) is 0 Å². The van der Waals surface area contributed by atoms with Crippen molar-refractivity contribution in [2.75, 3.05) is 45.8 Å². The van der Waals surface area contributed by atoms with Crippen molar-refractivity contribution in [1.82, 2.24) is 14.7 Å². The summed E-state index contributed by atoms with van der Waals surface area (Å²) in [7, 11) is 0. The van der Waals surface area contributed by atoms with E-state index in [0.29, 0.717) is 32.7 Å². The Balaban J connectivity index is 1.48. The molecule has 2 amide bonds. The fraction of sp³-hybridized carbons (Fsp3) is 0.579. The Morgan fingerprint density at radius 1 is 0.960 bits per heavy atom. The lowest BCUT2D eigenvalue weighted by Gasteiger charge is -2.38. The normalized spacial score (nSPS) is 25.0. The van der Waals surface area contributed by atoms with Crippen LogP contribution in [0.4, 0.5) is 0 Å². The largest absolute Gasteiger partial charge is 0.372 e. The molecule has 2 heterocycles. The van der Waals surface area contributed by atoms with Crippen LogP contribution in [0.1, 0.15) is 24.2 Å². The lowest BCUT2D eigenvalue weighted by Crippen LogP contribution is -2.54.